The third kappa shape index (κ3) is 9.44. The molecule has 1 fully saturated rings. The molecular formula is C33H40FN3O5S. The summed E-state index contributed by atoms with van der Waals surface area (Å²) in [5.74, 6) is -0.830. The van der Waals surface area contributed by atoms with Gasteiger partial charge in [0.1, 0.15) is 5.82 Å². The van der Waals surface area contributed by atoms with E-state index in [1.807, 2.05) is 31.2 Å². The molecule has 0 unspecified atom stereocenters. The van der Waals surface area contributed by atoms with Crippen LogP contribution in [0, 0.1) is 11.7 Å². The predicted octanol–water partition coefficient (Wildman–Crippen LogP) is 4.90. The number of rotatable bonds is 13. The van der Waals surface area contributed by atoms with Gasteiger partial charge in [0.25, 0.3) is 0 Å². The normalized spacial score (nSPS) is 17.7. The Bertz CT molecular complexity index is 1450. The number of amides is 1. The lowest BCUT2D eigenvalue weighted by molar-refractivity contribution is -0.142. The second kappa shape index (κ2) is 15.2. The fourth-order valence-electron chi connectivity index (χ4n) is 5.25. The number of benzene rings is 3. The van der Waals surface area contributed by atoms with Crippen molar-refractivity contribution in [2.24, 2.45) is 5.92 Å². The van der Waals surface area contributed by atoms with Gasteiger partial charge in [-0.15, -0.1) is 0 Å². The van der Waals surface area contributed by atoms with E-state index in [2.05, 4.69) is 15.4 Å². The highest BCUT2D eigenvalue weighted by Gasteiger charge is 2.29. The molecule has 43 heavy (non-hydrogen) atoms. The smallest absolute Gasteiger partial charge is 0.319 e. The third-order valence-corrected chi connectivity index (χ3v) is 9.30. The third-order valence-electron chi connectivity index (χ3n) is 7.77. The van der Waals surface area contributed by atoms with Crippen LogP contribution in [0.3, 0.4) is 0 Å². The van der Waals surface area contributed by atoms with E-state index in [4.69, 9.17) is 4.74 Å². The number of halogens is 1. The molecule has 0 saturated heterocycles. The van der Waals surface area contributed by atoms with Crippen molar-refractivity contribution in [2.75, 3.05) is 19.7 Å². The first-order chi connectivity index (χ1) is 20.6. The number of hydrogen-bond acceptors (Lipinski definition) is 6. The summed E-state index contributed by atoms with van der Waals surface area (Å²) in [5.41, 5.74) is 3.84. The van der Waals surface area contributed by atoms with E-state index in [0.717, 1.165) is 28.7 Å². The van der Waals surface area contributed by atoms with Crippen molar-refractivity contribution >= 4 is 21.9 Å². The van der Waals surface area contributed by atoms with E-state index in [-0.39, 0.29) is 47.1 Å². The average Bonchev–Trinajstić information content (AvgIpc) is 3.00. The molecular weight excluding hydrogens is 569 g/mol. The fraction of sp³-hybridized carbons (Fsp3) is 0.394. The summed E-state index contributed by atoms with van der Waals surface area (Å²) in [5, 5.41) is 6.07. The van der Waals surface area contributed by atoms with Crippen molar-refractivity contribution in [2.45, 2.75) is 62.9 Å². The summed E-state index contributed by atoms with van der Waals surface area (Å²) < 4.78 is 47.1. The number of nitrogens with one attached hydrogen (secondary N) is 3. The molecule has 0 aliphatic heterocycles. The van der Waals surface area contributed by atoms with Gasteiger partial charge in [-0.25, -0.2) is 17.5 Å². The molecule has 1 amide bonds. The average molecular weight is 610 g/mol. The van der Waals surface area contributed by atoms with Crippen LogP contribution in [0.5, 0.6) is 0 Å². The van der Waals surface area contributed by atoms with Gasteiger partial charge in [-0.2, -0.15) is 0 Å². The van der Waals surface area contributed by atoms with Crippen LogP contribution in [0.1, 0.15) is 56.7 Å². The Balaban J connectivity index is 1.23. The number of esters is 1. The van der Waals surface area contributed by atoms with Crippen molar-refractivity contribution in [3.05, 3.63) is 89.7 Å². The maximum Gasteiger partial charge on any atom is 0.319 e. The summed E-state index contributed by atoms with van der Waals surface area (Å²) in [6.07, 6.45) is 3.09. The Kier molecular flexibility index (Phi) is 11.4. The number of hydrogen-bond donors (Lipinski definition) is 3. The first-order valence-electron chi connectivity index (χ1n) is 14.8. The Labute approximate surface area is 253 Å². The lowest BCUT2D eigenvalue weighted by atomic mass is 9.85. The van der Waals surface area contributed by atoms with E-state index in [9.17, 15) is 22.4 Å². The van der Waals surface area contributed by atoms with E-state index < -0.39 is 10.0 Å². The zero-order valence-electron chi connectivity index (χ0n) is 24.6. The second-order valence-electron chi connectivity index (χ2n) is 10.9. The quantitative estimate of drug-likeness (QED) is 0.188. The van der Waals surface area contributed by atoms with Gasteiger partial charge in [0.05, 0.1) is 24.1 Å². The molecule has 8 nitrogen and oxygen atoms in total. The Hall–Kier alpha value is -3.60. The monoisotopic (exact) mass is 609 g/mol. The van der Waals surface area contributed by atoms with Crippen LogP contribution in [0.2, 0.25) is 0 Å². The standard InChI is InChI=1S/C33H40FN3O5S/c1-3-42-32(38)22-35-21-20-24-4-6-26(7-5-24)27-12-18-31(19-13-27)43(40,41)37-30-16-10-28(11-17-30)33(39)36-23(2)25-8-14-29(34)15-9-25/h4-9,12-15,18-19,23,28,30,35,37H,3,10-11,16-17,20-22H2,1-2H3,(H,36,39)/t23-,28-,30-/m1/s1. The van der Waals surface area contributed by atoms with E-state index >= 15 is 0 Å². The summed E-state index contributed by atoms with van der Waals surface area (Å²) in [6.45, 7) is 4.86. The first-order valence-corrected chi connectivity index (χ1v) is 16.3. The zero-order valence-corrected chi connectivity index (χ0v) is 25.5. The van der Waals surface area contributed by atoms with Gasteiger partial charge >= 0.3 is 5.97 Å². The minimum Gasteiger partial charge on any atom is -0.465 e. The van der Waals surface area contributed by atoms with Gasteiger partial charge < -0.3 is 15.4 Å². The summed E-state index contributed by atoms with van der Waals surface area (Å²) in [7, 11) is -3.71. The highest BCUT2D eigenvalue weighted by Crippen LogP contribution is 2.28. The Morgan fingerprint density at radius 3 is 2.12 bits per heavy atom. The van der Waals surface area contributed by atoms with Crippen LogP contribution >= 0.6 is 0 Å². The maximum atomic E-state index is 13.2. The summed E-state index contributed by atoms with van der Waals surface area (Å²) in [6, 6.07) is 20.5. The van der Waals surface area contributed by atoms with Crippen LogP contribution in [0.25, 0.3) is 11.1 Å². The molecule has 0 radical (unpaired) electrons. The molecule has 3 aromatic carbocycles. The highest BCUT2D eigenvalue weighted by molar-refractivity contribution is 7.89. The molecule has 10 heteroatoms. The molecule has 1 aliphatic rings. The van der Waals surface area contributed by atoms with Gasteiger partial charge in [0.15, 0.2) is 0 Å². The minimum absolute atomic E-state index is 0.0626. The zero-order chi connectivity index (χ0) is 30.8. The minimum atomic E-state index is -3.71. The number of carbonyl (C=O) groups excluding carboxylic acids is 2. The van der Waals surface area contributed by atoms with Crippen LogP contribution in [0.15, 0.2) is 77.7 Å². The van der Waals surface area contributed by atoms with Crippen LogP contribution in [0.4, 0.5) is 4.39 Å². The number of sulfonamides is 1. The molecule has 1 saturated carbocycles. The second-order valence-corrected chi connectivity index (χ2v) is 12.6. The Morgan fingerprint density at radius 1 is 0.907 bits per heavy atom. The topological polar surface area (TPSA) is 114 Å². The molecule has 0 bridgehead atoms. The van der Waals surface area contributed by atoms with Gasteiger partial charge in [-0.3, -0.25) is 9.59 Å². The van der Waals surface area contributed by atoms with Gasteiger partial charge in [-0.1, -0.05) is 48.5 Å². The van der Waals surface area contributed by atoms with Crippen molar-refractivity contribution < 1.29 is 27.1 Å². The predicted molar refractivity (Wildman–Crippen MR) is 164 cm³/mol. The molecule has 1 atom stereocenters. The molecule has 1 aliphatic carbocycles. The largest absolute Gasteiger partial charge is 0.465 e. The van der Waals surface area contributed by atoms with Crippen molar-refractivity contribution in [1.29, 1.82) is 0 Å². The van der Waals surface area contributed by atoms with E-state index in [1.165, 1.54) is 12.1 Å². The number of ether oxygens (including phenoxy) is 1. The lowest BCUT2D eigenvalue weighted by Gasteiger charge is -2.29. The highest BCUT2D eigenvalue weighted by atomic mass is 32.2. The van der Waals surface area contributed by atoms with Crippen molar-refractivity contribution in [1.82, 2.24) is 15.4 Å². The Morgan fingerprint density at radius 2 is 1.51 bits per heavy atom. The van der Waals surface area contributed by atoms with Crippen LogP contribution in [-0.2, 0) is 30.8 Å². The maximum absolute atomic E-state index is 13.2. The van der Waals surface area contributed by atoms with Crippen molar-refractivity contribution in [3.8, 4) is 11.1 Å². The molecule has 4 rings (SSSR count). The molecule has 230 valence electrons. The van der Waals surface area contributed by atoms with Gasteiger partial charge in [-0.05, 0) is 99.0 Å². The van der Waals surface area contributed by atoms with E-state index in [0.29, 0.717) is 38.8 Å². The lowest BCUT2D eigenvalue weighted by Crippen LogP contribution is -2.41. The van der Waals surface area contributed by atoms with Crippen LogP contribution < -0.4 is 15.4 Å². The molecule has 3 aromatic rings. The van der Waals surface area contributed by atoms with Crippen molar-refractivity contribution in [3.63, 3.8) is 0 Å². The molecule has 3 N–H and O–H groups in total. The summed E-state index contributed by atoms with van der Waals surface area (Å²) >= 11 is 0. The molecule has 0 spiro atoms. The number of carbonyl (C=O) groups is 2. The van der Waals surface area contributed by atoms with Crippen LogP contribution in [-0.4, -0.2) is 46.0 Å². The molecule has 0 aromatic heterocycles. The first kappa shape index (κ1) is 32.3. The summed E-state index contributed by atoms with van der Waals surface area (Å²) in [4.78, 5) is 24.4. The van der Waals surface area contributed by atoms with E-state index in [1.54, 1.807) is 43.3 Å². The van der Waals surface area contributed by atoms with Gasteiger partial charge in [0.2, 0.25) is 15.9 Å². The fourth-order valence-corrected chi connectivity index (χ4v) is 6.56. The SMILES string of the molecule is CCOC(=O)CNCCc1ccc(-c2ccc(S(=O)(=O)N[C@H]3CC[C@H](C(=O)N[C@H](C)c4ccc(F)cc4)CC3)cc2)cc1. The van der Waals surface area contributed by atoms with Gasteiger partial charge in [0, 0.05) is 12.0 Å². The molecule has 0 heterocycles.